The van der Waals surface area contributed by atoms with Crippen LogP contribution in [0.3, 0.4) is 0 Å². The van der Waals surface area contributed by atoms with Gasteiger partial charge in [0.05, 0.1) is 7.11 Å². The third kappa shape index (κ3) is 1.18. The number of hydrogen-bond donors (Lipinski definition) is 1. The molecule has 3 heteroatoms. The molecule has 2 aliphatic rings. The molecule has 0 aromatic rings. The van der Waals surface area contributed by atoms with E-state index in [-0.39, 0.29) is 5.97 Å². The minimum Gasteiger partial charge on any atom is -0.464 e. The minimum atomic E-state index is -0.336. The molecule has 3 nitrogen and oxygen atoms in total. The maximum absolute atomic E-state index is 11.3. The molecule has 0 atom stereocenters. The normalized spacial score (nSPS) is 10.2. The number of aromatic nitrogens is 1. The SMILES string of the molecule is COC(=O)c1[nH]ccc2cccc1-2. The first-order chi connectivity index (χ1) is 6.33. The predicted molar refractivity (Wildman–Crippen MR) is 48.8 cm³/mol. The van der Waals surface area contributed by atoms with Gasteiger partial charge in [-0.1, -0.05) is 18.2 Å². The molecule has 13 heavy (non-hydrogen) atoms. The second kappa shape index (κ2) is 2.94. The lowest BCUT2D eigenvalue weighted by Crippen LogP contribution is -2.05. The standard InChI is InChI=1S/C10H9NO2/c1-13-10(12)9-8-4-2-3-7(8)5-6-11-9/h2-6,11H,1H3. The summed E-state index contributed by atoms with van der Waals surface area (Å²) >= 11 is 0. The number of aromatic amines is 1. The number of nitrogens with one attached hydrogen (secondary N) is 1. The number of methoxy groups -OCH3 is 1. The molecule has 1 N–H and O–H groups in total. The first kappa shape index (κ1) is 7.86. The van der Waals surface area contributed by atoms with Gasteiger partial charge in [0.2, 0.25) is 0 Å². The molecular weight excluding hydrogens is 166 g/mol. The minimum absolute atomic E-state index is 0.336. The molecule has 2 rings (SSSR count). The smallest absolute Gasteiger partial charge is 0.355 e. The zero-order chi connectivity index (χ0) is 9.26. The summed E-state index contributed by atoms with van der Waals surface area (Å²) in [6, 6.07) is 7.67. The summed E-state index contributed by atoms with van der Waals surface area (Å²) in [6.07, 6.45) is 1.73. The topological polar surface area (TPSA) is 42.1 Å². The fourth-order valence-electron chi connectivity index (χ4n) is 1.37. The highest BCUT2D eigenvalue weighted by molar-refractivity contribution is 5.95. The zero-order valence-electron chi connectivity index (χ0n) is 7.20. The molecule has 66 valence electrons. The van der Waals surface area contributed by atoms with Crippen molar-refractivity contribution in [2.75, 3.05) is 7.11 Å². The predicted octanol–water partition coefficient (Wildman–Crippen LogP) is 1.91. The van der Waals surface area contributed by atoms with Gasteiger partial charge in [-0.25, -0.2) is 4.79 Å². The van der Waals surface area contributed by atoms with Crippen molar-refractivity contribution >= 4 is 5.97 Å². The van der Waals surface area contributed by atoms with Crippen LogP contribution in [0.5, 0.6) is 0 Å². The fourth-order valence-corrected chi connectivity index (χ4v) is 1.37. The average molecular weight is 175 g/mol. The molecule has 0 aromatic heterocycles. The third-order valence-corrected chi connectivity index (χ3v) is 2.00. The van der Waals surface area contributed by atoms with Crippen molar-refractivity contribution < 1.29 is 9.53 Å². The molecule has 1 aliphatic carbocycles. The van der Waals surface area contributed by atoms with E-state index >= 15 is 0 Å². The zero-order valence-corrected chi connectivity index (χ0v) is 7.20. The van der Waals surface area contributed by atoms with Gasteiger partial charge in [-0.15, -0.1) is 0 Å². The Morgan fingerprint density at radius 2 is 2.23 bits per heavy atom. The molecule has 0 aromatic carbocycles. The van der Waals surface area contributed by atoms with Crippen molar-refractivity contribution in [1.29, 1.82) is 0 Å². The van der Waals surface area contributed by atoms with E-state index in [4.69, 9.17) is 0 Å². The quantitative estimate of drug-likeness (QED) is 0.672. The second-order valence-electron chi connectivity index (χ2n) is 2.74. The van der Waals surface area contributed by atoms with Gasteiger partial charge >= 0.3 is 5.97 Å². The van der Waals surface area contributed by atoms with Crippen LogP contribution in [0.15, 0.2) is 30.5 Å². The van der Waals surface area contributed by atoms with Gasteiger partial charge in [0.15, 0.2) is 0 Å². The molecule has 0 fully saturated rings. The summed E-state index contributed by atoms with van der Waals surface area (Å²) in [4.78, 5) is 14.1. The highest BCUT2D eigenvalue weighted by atomic mass is 16.5. The molecule has 0 saturated carbocycles. The lowest BCUT2D eigenvalue weighted by molar-refractivity contribution is 0.0595. The number of ether oxygens (including phenoxy) is 1. The van der Waals surface area contributed by atoms with Gasteiger partial charge in [0.25, 0.3) is 0 Å². The molecule has 0 unspecified atom stereocenters. The number of rotatable bonds is 1. The van der Waals surface area contributed by atoms with Crippen molar-refractivity contribution in [1.82, 2.24) is 4.98 Å². The Balaban J connectivity index is 2.58. The number of pyridine rings is 1. The molecule has 0 spiro atoms. The Morgan fingerprint density at radius 1 is 1.38 bits per heavy atom. The Labute approximate surface area is 75.7 Å². The molecule has 0 bridgehead atoms. The summed E-state index contributed by atoms with van der Waals surface area (Å²) in [7, 11) is 1.37. The number of H-pyrrole nitrogens is 1. The van der Waals surface area contributed by atoms with E-state index in [0.717, 1.165) is 11.1 Å². The fraction of sp³-hybridized carbons (Fsp3) is 0.100. The van der Waals surface area contributed by atoms with E-state index in [9.17, 15) is 4.79 Å². The first-order valence-electron chi connectivity index (χ1n) is 3.97. The maximum atomic E-state index is 11.3. The average Bonchev–Trinajstić information content (AvgIpc) is 2.63. The van der Waals surface area contributed by atoms with Crippen LogP contribution in [-0.2, 0) is 4.74 Å². The van der Waals surface area contributed by atoms with E-state index in [1.54, 1.807) is 6.20 Å². The van der Waals surface area contributed by atoms with Crippen LogP contribution in [-0.4, -0.2) is 18.1 Å². The summed E-state index contributed by atoms with van der Waals surface area (Å²) < 4.78 is 4.64. The number of carbonyl (C=O) groups excluding carboxylic acids is 1. The van der Waals surface area contributed by atoms with Gasteiger partial charge < -0.3 is 9.72 Å². The molecular formula is C10H9NO2. The van der Waals surface area contributed by atoms with Crippen molar-refractivity contribution in [3.05, 3.63) is 36.2 Å². The highest BCUT2D eigenvalue weighted by Gasteiger charge is 2.14. The number of carbonyl (C=O) groups is 1. The van der Waals surface area contributed by atoms with Gasteiger partial charge in [-0.05, 0) is 11.6 Å². The van der Waals surface area contributed by atoms with Crippen LogP contribution in [0, 0.1) is 0 Å². The van der Waals surface area contributed by atoms with Crippen molar-refractivity contribution in [2.45, 2.75) is 0 Å². The summed E-state index contributed by atoms with van der Waals surface area (Å²) in [6.45, 7) is 0. The number of hydrogen-bond acceptors (Lipinski definition) is 2. The second-order valence-corrected chi connectivity index (χ2v) is 2.74. The van der Waals surface area contributed by atoms with E-state index < -0.39 is 0 Å². The van der Waals surface area contributed by atoms with Gasteiger partial charge in [-0.2, -0.15) is 0 Å². The van der Waals surface area contributed by atoms with Crippen LogP contribution in [0.1, 0.15) is 10.5 Å². The van der Waals surface area contributed by atoms with E-state index in [1.807, 2.05) is 24.3 Å². The van der Waals surface area contributed by atoms with Crippen molar-refractivity contribution in [2.24, 2.45) is 0 Å². The maximum Gasteiger partial charge on any atom is 0.355 e. The summed E-state index contributed by atoms with van der Waals surface area (Å²) in [5, 5.41) is 0. The van der Waals surface area contributed by atoms with Crippen molar-refractivity contribution in [3.8, 4) is 11.1 Å². The lowest BCUT2D eigenvalue weighted by Gasteiger charge is -2.05. The van der Waals surface area contributed by atoms with E-state index in [0.29, 0.717) is 5.69 Å². The van der Waals surface area contributed by atoms with Gasteiger partial charge in [0, 0.05) is 11.8 Å². The monoisotopic (exact) mass is 175 g/mol. The Bertz CT molecular complexity index is 405. The Hall–Kier alpha value is -1.77. The van der Waals surface area contributed by atoms with Crippen LogP contribution >= 0.6 is 0 Å². The lowest BCUT2D eigenvalue weighted by atomic mass is 10.1. The van der Waals surface area contributed by atoms with Crippen LogP contribution < -0.4 is 0 Å². The summed E-state index contributed by atoms with van der Waals surface area (Å²) in [5.41, 5.74) is 2.44. The molecule has 0 radical (unpaired) electrons. The third-order valence-electron chi connectivity index (χ3n) is 2.00. The molecule has 0 saturated heterocycles. The Morgan fingerprint density at radius 3 is 3.00 bits per heavy atom. The summed E-state index contributed by atoms with van der Waals surface area (Å²) in [5.74, 6) is -0.336. The highest BCUT2D eigenvalue weighted by Crippen LogP contribution is 2.25. The molecule has 1 heterocycles. The molecule has 1 aliphatic heterocycles. The van der Waals surface area contributed by atoms with Crippen LogP contribution in [0.4, 0.5) is 0 Å². The van der Waals surface area contributed by atoms with Crippen molar-refractivity contribution in [3.63, 3.8) is 0 Å². The van der Waals surface area contributed by atoms with E-state index in [2.05, 4.69) is 9.72 Å². The van der Waals surface area contributed by atoms with E-state index in [1.165, 1.54) is 7.11 Å². The van der Waals surface area contributed by atoms with Gasteiger partial charge in [0.1, 0.15) is 5.69 Å². The largest absolute Gasteiger partial charge is 0.464 e. The number of esters is 1. The van der Waals surface area contributed by atoms with Crippen LogP contribution in [0.2, 0.25) is 0 Å². The first-order valence-corrected chi connectivity index (χ1v) is 3.97. The molecule has 0 amide bonds. The Kier molecular flexibility index (Phi) is 1.77. The van der Waals surface area contributed by atoms with Crippen LogP contribution in [0.25, 0.3) is 11.1 Å². The number of fused-ring (bicyclic) bond motifs is 1. The van der Waals surface area contributed by atoms with Gasteiger partial charge in [-0.3, -0.25) is 0 Å².